The van der Waals surface area contributed by atoms with Gasteiger partial charge in [0, 0.05) is 60.3 Å². The number of nitrogens with zero attached hydrogens (tertiary/aromatic N) is 5. The molecule has 9 heteroatoms. The highest BCUT2D eigenvalue weighted by molar-refractivity contribution is 9.10. The normalized spacial score (nSPS) is 17.6. The minimum Gasteiger partial charge on any atom is -0.490 e. The monoisotopic (exact) mass is 855 g/mol. The summed E-state index contributed by atoms with van der Waals surface area (Å²) in [6, 6.07) is 37.1. The summed E-state index contributed by atoms with van der Waals surface area (Å²) >= 11 is 3.65. The van der Waals surface area contributed by atoms with Gasteiger partial charge in [0.2, 0.25) is 11.8 Å². The molecule has 0 bridgehead atoms. The molecule has 308 valence electrons. The standard InChI is InChI=1S/C50H58BrN5O3/c1-36-43(51)20-12-22-45(36)59-40-25-23-37(24-26-40)18-13-29-50(2,3)56-32-30-55(31-33-56)44-21-11-19-41-47(53-54(4)48(41)44)42-27-28-46(57-34-38-14-7-5-8-15-38)52-49(42)58-35-39-16-9-6-10-17-39/h5-12,14-17,19-22,27-28,37,40H,13,18,23-26,29-35H2,1-4H3. The zero-order valence-corrected chi connectivity index (χ0v) is 36.7. The van der Waals surface area contributed by atoms with Crippen molar-refractivity contribution in [1.29, 1.82) is 0 Å². The summed E-state index contributed by atoms with van der Waals surface area (Å²) in [5, 5.41) is 6.20. The number of ether oxygens (including phenoxy) is 3. The summed E-state index contributed by atoms with van der Waals surface area (Å²) in [5.74, 6) is 2.86. The Labute approximate surface area is 358 Å². The van der Waals surface area contributed by atoms with Crippen LogP contribution in [0.25, 0.3) is 22.2 Å². The lowest BCUT2D eigenvalue weighted by molar-refractivity contribution is 0.0945. The number of benzene rings is 4. The Hall–Kier alpha value is -4.86. The minimum atomic E-state index is 0.163. The maximum atomic E-state index is 6.45. The SMILES string of the molecule is Cc1c(Br)cccc1OC1CCC(CCCC(C)(C)N2CCN(c3cccc4c(-c5ccc(OCc6ccccc6)nc5OCc5ccccc5)nn(C)c34)CC2)CC1. The third-order valence-corrected chi connectivity index (χ3v) is 13.4. The lowest BCUT2D eigenvalue weighted by atomic mass is 9.82. The van der Waals surface area contributed by atoms with E-state index in [1.54, 1.807) is 0 Å². The lowest BCUT2D eigenvalue weighted by Crippen LogP contribution is -2.54. The van der Waals surface area contributed by atoms with Crippen LogP contribution in [0.3, 0.4) is 0 Å². The Bertz CT molecular complexity index is 2300. The van der Waals surface area contributed by atoms with Crippen LogP contribution in [0.2, 0.25) is 0 Å². The summed E-state index contributed by atoms with van der Waals surface area (Å²) < 4.78 is 22.2. The van der Waals surface area contributed by atoms with Gasteiger partial charge < -0.3 is 19.1 Å². The second kappa shape index (κ2) is 18.6. The molecule has 0 atom stereocenters. The molecule has 0 unspecified atom stereocenters. The average Bonchev–Trinajstić information content (AvgIpc) is 3.61. The Balaban J connectivity index is 0.897. The second-order valence-corrected chi connectivity index (χ2v) is 17.9. The van der Waals surface area contributed by atoms with Gasteiger partial charge in [0.1, 0.15) is 24.7 Å². The largest absolute Gasteiger partial charge is 0.490 e. The van der Waals surface area contributed by atoms with Gasteiger partial charge in [-0.2, -0.15) is 10.1 Å². The topological polar surface area (TPSA) is 64.9 Å². The number of para-hydroxylation sites is 1. The van der Waals surface area contributed by atoms with Crippen LogP contribution in [0.15, 0.2) is 114 Å². The maximum Gasteiger partial charge on any atom is 0.226 e. The zero-order valence-electron chi connectivity index (χ0n) is 35.1. The maximum absolute atomic E-state index is 6.45. The van der Waals surface area contributed by atoms with Crippen molar-refractivity contribution in [2.45, 2.75) is 90.6 Å². The molecule has 0 N–H and O–H groups in total. The number of pyridine rings is 1. The lowest BCUT2D eigenvalue weighted by Gasteiger charge is -2.45. The van der Waals surface area contributed by atoms with Gasteiger partial charge in [-0.25, -0.2) is 0 Å². The molecule has 0 amide bonds. The van der Waals surface area contributed by atoms with Crippen LogP contribution < -0.4 is 19.1 Å². The van der Waals surface area contributed by atoms with Gasteiger partial charge in [-0.05, 0) is 94.2 Å². The first-order valence-corrected chi connectivity index (χ1v) is 22.2. The van der Waals surface area contributed by atoms with Crippen molar-refractivity contribution in [3.05, 3.63) is 130 Å². The van der Waals surface area contributed by atoms with Crippen molar-refractivity contribution >= 4 is 32.5 Å². The first-order chi connectivity index (χ1) is 28.7. The molecule has 0 spiro atoms. The highest BCUT2D eigenvalue weighted by Crippen LogP contribution is 2.39. The molecule has 1 saturated carbocycles. The van der Waals surface area contributed by atoms with E-state index in [0.29, 0.717) is 31.1 Å². The Kier molecular flexibility index (Phi) is 12.9. The molecule has 1 saturated heterocycles. The van der Waals surface area contributed by atoms with Crippen molar-refractivity contribution in [2.24, 2.45) is 13.0 Å². The molecule has 8 rings (SSSR count). The summed E-state index contributed by atoms with van der Waals surface area (Å²) in [6.45, 7) is 11.9. The summed E-state index contributed by atoms with van der Waals surface area (Å²) in [7, 11) is 2.05. The first kappa shape index (κ1) is 40.9. The molecule has 59 heavy (non-hydrogen) atoms. The predicted octanol–water partition coefficient (Wildman–Crippen LogP) is 11.6. The van der Waals surface area contributed by atoms with Crippen molar-refractivity contribution in [2.75, 3.05) is 31.1 Å². The van der Waals surface area contributed by atoms with Crippen LogP contribution in [-0.4, -0.2) is 57.5 Å². The van der Waals surface area contributed by atoms with E-state index in [0.717, 1.165) is 88.4 Å². The number of halogens is 1. The Morgan fingerprint density at radius 2 is 1.42 bits per heavy atom. The van der Waals surface area contributed by atoms with Gasteiger partial charge >= 0.3 is 0 Å². The fraction of sp³-hybridized carbons (Fsp3) is 0.400. The van der Waals surface area contributed by atoms with Gasteiger partial charge in [-0.1, -0.05) is 108 Å². The number of anilines is 1. The van der Waals surface area contributed by atoms with E-state index in [2.05, 4.69) is 107 Å². The molecule has 6 aromatic rings. The quantitative estimate of drug-likeness (QED) is 0.102. The fourth-order valence-corrected chi connectivity index (χ4v) is 9.34. The fourth-order valence-electron chi connectivity index (χ4n) is 8.99. The van der Waals surface area contributed by atoms with E-state index < -0.39 is 0 Å². The van der Waals surface area contributed by atoms with Gasteiger partial charge in [0.25, 0.3) is 0 Å². The zero-order chi connectivity index (χ0) is 40.8. The molecular formula is C50H58BrN5O3. The molecular weight excluding hydrogens is 798 g/mol. The second-order valence-electron chi connectivity index (χ2n) is 17.0. The number of rotatable bonds is 15. The molecule has 2 fully saturated rings. The number of aromatic nitrogens is 3. The number of hydrogen-bond donors (Lipinski definition) is 0. The Morgan fingerprint density at radius 3 is 2.14 bits per heavy atom. The first-order valence-electron chi connectivity index (χ1n) is 21.4. The smallest absolute Gasteiger partial charge is 0.226 e. The molecule has 0 radical (unpaired) electrons. The number of hydrogen-bond acceptors (Lipinski definition) is 7. The van der Waals surface area contributed by atoms with Crippen molar-refractivity contribution in [3.8, 4) is 28.8 Å². The Morgan fingerprint density at radius 1 is 0.746 bits per heavy atom. The highest BCUT2D eigenvalue weighted by atomic mass is 79.9. The minimum absolute atomic E-state index is 0.163. The van der Waals surface area contributed by atoms with Crippen LogP contribution in [0.4, 0.5) is 5.69 Å². The van der Waals surface area contributed by atoms with E-state index in [1.807, 2.05) is 60.3 Å². The molecule has 2 aromatic heterocycles. The van der Waals surface area contributed by atoms with Crippen LogP contribution in [-0.2, 0) is 20.3 Å². The van der Waals surface area contributed by atoms with Crippen molar-refractivity contribution < 1.29 is 14.2 Å². The van der Waals surface area contributed by atoms with Crippen LogP contribution >= 0.6 is 15.9 Å². The highest BCUT2D eigenvalue weighted by Gasteiger charge is 2.32. The van der Waals surface area contributed by atoms with E-state index in [-0.39, 0.29) is 5.54 Å². The van der Waals surface area contributed by atoms with E-state index in [4.69, 9.17) is 24.3 Å². The van der Waals surface area contributed by atoms with E-state index in [1.165, 1.54) is 43.4 Å². The van der Waals surface area contributed by atoms with Crippen LogP contribution in [0.1, 0.15) is 75.5 Å². The van der Waals surface area contributed by atoms with Gasteiger partial charge in [-0.15, -0.1) is 0 Å². The van der Waals surface area contributed by atoms with Crippen molar-refractivity contribution in [3.63, 3.8) is 0 Å². The number of aryl methyl sites for hydroxylation is 1. The van der Waals surface area contributed by atoms with Gasteiger partial charge in [-0.3, -0.25) is 9.58 Å². The van der Waals surface area contributed by atoms with Crippen molar-refractivity contribution in [1.82, 2.24) is 19.7 Å². The molecule has 8 nitrogen and oxygen atoms in total. The average molecular weight is 857 g/mol. The summed E-state index contributed by atoms with van der Waals surface area (Å²) in [6.07, 6.45) is 9.00. The summed E-state index contributed by atoms with van der Waals surface area (Å²) in [4.78, 5) is 10.2. The summed E-state index contributed by atoms with van der Waals surface area (Å²) in [5.41, 5.74) is 7.56. The molecule has 1 aliphatic heterocycles. The van der Waals surface area contributed by atoms with Crippen LogP contribution in [0, 0.1) is 12.8 Å². The molecule has 1 aliphatic carbocycles. The molecule has 4 aromatic carbocycles. The third-order valence-electron chi connectivity index (χ3n) is 12.6. The molecule has 2 aliphatic rings. The van der Waals surface area contributed by atoms with E-state index in [9.17, 15) is 0 Å². The van der Waals surface area contributed by atoms with E-state index >= 15 is 0 Å². The molecule has 3 heterocycles. The van der Waals surface area contributed by atoms with Gasteiger partial charge in [0.15, 0.2) is 0 Å². The predicted molar refractivity (Wildman–Crippen MR) is 242 cm³/mol. The van der Waals surface area contributed by atoms with Crippen LogP contribution in [0.5, 0.6) is 17.5 Å². The number of fused-ring (bicyclic) bond motifs is 1. The number of piperazine rings is 1. The third kappa shape index (κ3) is 9.79. The van der Waals surface area contributed by atoms with Gasteiger partial charge in [0.05, 0.1) is 22.9 Å².